The minimum Gasteiger partial charge on any atom is -0.433 e. The summed E-state index contributed by atoms with van der Waals surface area (Å²) in [5, 5.41) is 2.94. The number of pyridine rings is 1. The lowest BCUT2D eigenvalue weighted by molar-refractivity contribution is 0.180. The van der Waals surface area contributed by atoms with Gasteiger partial charge in [-0.05, 0) is 12.5 Å². The van der Waals surface area contributed by atoms with Gasteiger partial charge in [-0.1, -0.05) is 23.2 Å². The molecular weight excluding hydrogens is 227 g/mol. The minimum absolute atomic E-state index is 0.196. The molecule has 14 heavy (non-hydrogen) atoms. The van der Waals surface area contributed by atoms with Crippen LogP contribution < -0.4 is 5.32 Å². The number of alkyl halides is 1. The first-order valence-corrected chi connectivity index (χ1v) is 4.66. The predicted molar refractivity (Wildman–Crippen MR) is 54.8 cm³/mol. The molecule has 1 heterocycles. The fraction of sp³-hybridized carbons (Fsp3) is 0.250. The summed E-state index contributed by atoms with van der Waals surface area (Å²) in [6.45, 7) is 1.76. The van der Waals surface area contributed by atoms with Crippen LogP contribution in [0.1, 0.15) is 5.56 Å². The Balaban J connectivity index is 2.76. The molecule has 0 fully saturated rings. The molecule has 0 aliphatic heterocycles. The number of aromatic nitrogens is 1. The van der Waals surface area contributed by atoms with Gasteiger partial charge >= 0.3 is 6.09 Å². The number of amides is 1. The highest BCUT2D eigenvalue weighted by atomic mass is 35.5. The zero-order valence-electron chi connectivity index (χ0n) is 7.38. The molecule has 1 aromatic rings. The molecule has 0 radical (unpaired) electrons. The number of hydrogen-bond donors (Lipinski definition) is 1. The average Bonchev–Trinajstić information content (AvgIpc) is 2.13. The Morgan fingerprint density at radius 2 is 2.36 bits per heavy atom. The standard InChI is InChI=1S/C8H8Cl2N2O2/c1-5-6(10)2-11-3-7(5)12-8(13)14-4-9/h2-3H,4H2,1H3,(H,12,13). The number of nitrogens with zero attached hydrogens (tertiary/aromatic N) is 1. The molecule has 6 heteroatoms. The van der Waals surface area contributed by atoms with Crippen LogP contribution in [-0.4, -0.2) is 17.1 Å². The van der Waals surface area contributed by atoms with E-state index >= 15 is 0 Å². The Morgan fingerprint density at radius 3 is 3.00 bits per heavy atom. The number of carbonyl (C=O) groups excluding carboxylic acids is 1. The van der Waals surface area contributed by atoms with Crippen LogP contribution in [0.3, 0.4) is 0 Å². The van der Waals surface area contributed by atoms with Crippen molar-refractivity contribution in [1.82, 2.24) is 4.98 Å². The van der Waals surface area contributed by atoms with Crippen LogP contribution in [0, 0.1) is 6.92 Å². The summed E-state index contributed by atoms with van der Waals surface area (Å²) in [5.41, 5.74) is 1.24. The summed E-state index contributed by atoms with van der Waals surface area (Å²) in [6, 6.07) is -0.196. The first-order chi connectivity index (χ1) is 6.65. The van der Waals surface area contributed by atoms with E-state index in [1.165, 1.54) is 12.4 Å². The van der Waals surface area contributed by atoms with E-state index in [0.29, 0.717) is 10.7 Å². The van der Waals surface area contributed by atoms with Crippen LogP contribution in [0.2, 0.25) is 5.02 Å². The third-order valence-corrected chi connectivity index (χ3v) is 2.07. The molecule has 0 unspecified atom stereocenters. The second-order valence-corrected chi connectivity index (χ2v) is 3.09. The van der Waals surface area contributed by atoms with E-state index in [9.17, 15) is 4.79 Å². The second kappa shape index (κ2) is 5.02. The van der Waals surface area contributed by atoms with Crippen molar-refractivity contribution >= 4 is 35.0 Å². The quantitative estimate of drug-likeness (QED) is 0.801. The molecule has 0 aliphatic rings. The van der Waals surface area contributed by atoms with Gasteiger partial charge in [-0.25, -0.2) is 4.79 Å². The highest BCUT2D eigenvalue weighted by molar-refractivity contribution is 6.31. The van der Waals surface area contributed by atoms with Crippen LogP contribution in [-0.2, 0) is 4.74 Å². The molecule has 1 amide bonds. The van der Waals surface area contributed by atoms with E-state index in [1.54, 1.807) is 6.92 Å². The van der Waals surface area contributed by atoms with E-state index < -0.39 is 6.09 Å². The molecule has 1 aromatic heterocycles. The van der Waals surface area contributed by atoms with Crippen molar-refractivity contribution in [3.8, 4) is 0 Å². The molecule has 1 rings (SSSR count). The zero-order chi connectivity index (χ0) is 10.6. The highest BCUT2D eigenvalue weighted by Crippen LogP contribution is 2.21. The molecule has 0 aromatic carbocycles. The summed E-state index contributed by atoms with van der Waals surface area (Å²) in [5.74, 6) is 0. The van der Waals surface area contributed by atoms with Gasteiger partial charge in [-0.3, -0.25) is 10.3 Å². The van der Waals surface area contributed by atoms with E-state index in [-0.39, 0.29) is 6.07 Å². The predicted octanol–water partition coefficient (Wildman–Crippen LogP) is 2.79. The Hall–Kier alpha value is -1.00. The average molecular weight is 235 g/mol. The van der Waals surface area contributed by atoms with Crippen LogP contribution in [0.15, 0.2) is 12.4 Å². The molecule has 76 valence electrons. The van der Waals surface area contributed by atoms with Gasteiger partial charge in [0, 0.05) is 6.20 Å². The molecular formula is C8H8Cl2N2O2. The number of rotatable bonds is 2. The maximum atomic E-state index is 11.0. The monoisotopic (exact) mass is 234 g/mol. The number of hydrogen-bond acceptors (Lipinski definition) is 3. The molecule has 0 atom stereocenters. The number of anilines is 1. The molecule has 0 saturated carbocycles. The van der Waals surface area contributed by atoms with Crippen molar-refractivity contribution < 1.29 is 9.53 Å². The molecule has 1 N–H and O–H groups in total. The number of nitrogens with one attached hydrogen (secondary N) is 1. The van der Waals surface area contributed by atoms with Crippen molar-refractivity contribution in [2.45, 2.75) is 6.92 Å². The van der Waals surface area contributed by atoms with Crippen molar-refractivity contribution in [3.63, 3.8) is 0 Å². The Bertz CT molecular complexity index is 344. The van der Waals surface area contributed by atoms with E-state index in [1.807, 2.05) is 0 Å². The largest absolute Gasteiger partial charge is 0.433 e. The maximum Gasteiger partial charge on any atom is 0.412 e. The van der Waals surface area contributed by atoms with Gasteiger partial charge in [0.2, 0.25) is 0 Å². The van der Waals surface area contributed by atoms with Gasteiger partial charge in [-0.15, -0.1) is 0 Å². The lowest BCUT2D eigenvalue weighted by Crippen LogP contribution is -2.13. The lowest BCUT2D eigenvalue weighted by atomic mass is 10.2. The van der Waals surface area contributed by atoms with Crippen LogP contribution in [0.5, 0.6) is 0 Å². The number of ether oxygens (including phenoxy) is 1. The topological polar surface area (TPSA) is 51.2 Å². The van der Waals surface area contributed by atoms with E-state index in [0.717, 1.165) is 5.56 Å². The smallest absolute Gasteiger partial charge is 0.412 e. The van der Waals surface area contributed by atoms with Gasteiger partial charge in [-0.2, -0.15) is 0 Å². The van der Waals surface area contributed by atoms with Gasteiger partial charge in [0.15, 0.2) is 6.07 Å². The Kier molecular flexibility index (Phi) is 3.98. The molecule has 0 aliphatic carbocycles. The van der Waals surface area contributed by atoms with Gasteiger partial charge in [0.05, 0.1) is 16.9 Å². The third-order valence-electron chi connectivity index (χ3n) is 1.58. The van der Waals surface area contributed by atoms with Crippen LogP contribution in [0.25, 0.3) is 0 Å². The van der Waals surface area contributed by atoms with Gasteiger partial charge in [0.1, 0.15) is 0 Å². The molecule has 0 saturated heterocycles. The van der Waals surface area contributed by atoms with Crippen molar-refractivity contribution in [2.24, 2.45) is 0 Å². The normalized spacial score (nSPS) is 9.64. The second-order valence-electron chi connectivity index (χ2n) is 2.46. The van der Waals surface area contributed by atoms with E-state index in [4.69, 9.17) is 23.2 Å². The summed E-state index contributed by atoms with van der Waals surface area (Å²) >= 11 is 11.0. The number of halogens is 2. The molecule has 0 spiro atoms. The fourth-order valence-electron chi connectivity index (χ4n) is 0.821. The van der Waals surface area contributed by atoms with Gasteiger partial charge < -0.3 is 4.74 Å². The van der Waals surface area contributed by atoms with Gasteiger partial charge in [0.25, 0.3) is 0 Å². The summed E-state index contributed by atoms with van der Waals surface area (Å²) in [4.78, 5) is 14.8. The molecule has 0 bridgehead atoms. The molecule has 4 nitrogen and oxygen atoms in total. The van der Waals surface area contributed by atoms with Crippen molar-refractivity contribution in [3.05, 3.63) is 23.0 Å². The third kappa shape index (κ3) is 2.75. The first-order valence-electron chi connectivity index (χ1n) is 3.75. The summed E-state index contributed by atoms with van der Waals surface area (Å²) < 4.78 is 4.49. The first kappa shape index (κ1) is 11.1. The summed E-state index contributed by atoms with van der Waals surface area (Å²) in [6.07, 6.45) is 2.35. The lowest BCUT2D eigenvalue weighted by Gasteiger charge is -2.07. The van der Waals surface area contributed by atoms with Crippen LogP contribution in [0.4, 0.5) is 10.5 Å². The minimum atomic E-state index is -0.632. The SMILES string of the molecule is Cc1c(Cl)cncc1NC(=O)OCCl. The number of carbonyl (C=O) groups is 1. The highest BCUT2D eigenvalue weighted by Gasteiger charge is 2.07. The van der Waals surface area contributed by atoms with Crippen molar-refractivity contribution in [1.29, 1.82) is 0 Å². The van der Waals surface area contributed by atoms with Crippen molar-refractivity contribution in [2.75, 3.05) is 11.4 Å². The van der Waals surface area contributed by atoms with Crippen LogP contribution >= 0.6 is 23.2 Å². The van der Waals surface area contributed by atoms with E-state index in [2.05, 4.69) is 15.0 Å². The maximum absolute atomic E-state index is 11.0. The Morgan fingerprint density at radius 1 is 1.64 bits per heavy atom. The summed E-state index contributed by atoms with van der Waals surface area (Å²) in [7, 11) is 0. The zero-order valence-corrected chi connectivity index (χ0v) is 8.89. The fourth-order valence-corrected chi connectivity index (χ4v) is 1.08. The Labute approximate surface area is 91.2 Å².